The van der Waals surface area contributed by atoms with Gasteiger partial charge in [0.1, 0.15) is 24.1 Å². The normalized spacial score (nSPS) is 20.1. The molecular formula is C24H31N5O4. The molecule has 1 amide bonds. The molecule has 2 aromatic heterocycles. The number of aromatic nitrogens is 3. The van der Waals surface area contributed by atoms with Gasteiger partial charge in [-0.3, -0.25) is 9.69 Å². The van der Waals surface area contributed by atoms with Crippen LogP contribution < -0.4 is 4.74 Å². The summed E-state index contributed by atoms with van der Waals surface area (Å²) in [6, 6.07) is 1.27. The Bertz CT molecular complexity index is 1000. The van der Waals surface area contributed by atoms with E-state index >= 15 is 0 Å². The van der Waals surface area contributed by atoms with Gasteiger partial charge in [0.15, 0.2) is 0 Å². The lowest BCUT2D eigenvalue weighted by molar-refractivity contribution is 0.0325. The van der Waals surface area contributed by atoms with Crippen molar-refractivity contribution in [2.45, 2.75) is 45.6 Å². The fourth-order valence-corrected chi connectivity index (χ4v) is 3.67. The molecule has 0 aliphatic carbocycles. The first-order valence-corrected chi connectivity index (χ1v) is 11.0. The largest absolute Gasteiger partial charge is 0.472 e. The SMILES string of the molecule is C[C@H](O)C#Cc1cnc2c(c1)C(=O)N([C@@H](C)CO)C[C@@H](C)[C@@H](CN(C)Cc1cncnc1)O2. The van der Waals surface area contributed by atoms with Gasteiger partial charge in [-0.05, 0) is 27.0 Å². The monoisotopic (exact) mass is 453 g/mol. The average molecular weight is 454 g/mol. The van der Waals surface area contributed by atoms with Crippen molar-refractivity contribution in [2.75, 3.05) is 26.7 Å². The molecule has 0 spiro atoms. The van der Waals surface area contributed by atoms with Crippen LogP contribution in [-0.4, -0.2) is 85.9 Å². The second kappa shape index (κ2) is 11.2. The number of carbonyl (C=O) groups excluding carboxylic acids is 1. The van der Waals surface area contributed by atoms with Crippen LogP contribution in [0.25, 0.3) is 0 Å². The van der Waals surface area contributed by atoms with Crippen molar-refractivity contribution in [2.24, 2.45) is 5.92 Å². The van der Waals surface area contributed by atoms with E-state index in [0.29, 0.717) is 30.8 Å². The number of aliphatic hydroxyl groups excluding tert-OH is 2. The highest BCUT2D eigenvalue weighted by atomic mass is 16.5. The zero-order valence-electron chi connectivity index (χ0n) is 19.5. The molecular weight excluding hydrogens is 422 g/mol. The van der Waals surface area contributed by atoms with E-state index in [1.54, 1.807) is 30.3 Å². The van der Waals surface area contributed by atoms with Crippen LogP contribution in [0.3, 0.4) is 0 Å². The topological polar surface area (TPSA) is 112 Å². The number of pyridine rings is 1. The Balaban J connectivity index is 1.91. The van der Waals surface area contributed by atoms with Gasteiger partial charge >= 0.3 is 0 Å². The summed E-state index contributed by atoms with van der Waals surface area (Å²) >= 11 is 0. The third-order valence-electron chi connectivity index (χ3n) is 5.50. The van der Waals surface area contributed by atoms with Crippen molar-refractivity contribution in [1.82, 2.24) is 24.8 Å². The van der Waals surface area contributed by atoms with Gasteiger partial charge in [0, 0.05) is 55.3 Å². The van der Waals surface area contributed by atoms with Crippen molar-refractivity contribution in [3.8, 4) is 17.7 Å². The van der Waals surface area contributed by atoms with Crippen molar-refractivity contribution < 1.29 is 19.7 Å². The summed E-state index contributed by atoms with van der Waals surface area (Å²) in [6.07, 6.45) is 5.56. The van der Waals surface area contributed by atoms with E-state index in [0.717, 1.165) is 5.56 Å². The first-order chi connectivity index (χ1) is 15.8. The first kappa shape index (κ1) is 24.6. The number of aliphatic hydroxyl groups is 2. The minimum absolute atomic E-state index is 0.0120. The predicted octanol–water partition coefficient (Wildman–Crippen LogP) is 0.956. The summed E-state index contributed by atoms with van der Waals surface area (Å²) in [7, 11) is 1.99. The van der Waals surface area contributed by atoms with Gasteiger partial charge in [-0.15, -0.1) is 0 Å². The number of likely N-dealkylation sites (N-methyl/N-ethyl adjacent to an activating group) is 1. The highest BCUT2D eigenvalue weighted by Gasteiger charge is 2.34. The first-order valence-electron chi connectivity index (χ1n) is 11.0. The van der Waals surface area contributed by atoms with Gasteiger partial charge in [0.05, 0.1) is 12.6 Å². The highest BCUT2D eigenvalue weighted by Crippen LogP contribution is 2.27. The highest BCUT2D eigenvalue weighted by molar-refractivity contribution is 5.97. The van der Waals surface area contributed by atoms with Crippen molar-refractivity contribution in [3.05, 3.63) is 47.7 Å². The van der Waals surface area contributed by atoms with Crippen molar-refractivity contribution in [3.63, 3.8) is 0 Å². The van der Waals surface area contributed by atoms with Gasteiger partial charge in [0.2, 0.25) is 5.88 Å². The van der Waals surface area contributed by atoms with Crippen LogP contribution in [0.1, 0.15) is 42.3 Å². The predicted molar refractivity (Wildman–Crippen MR) is 122 cm³/mol. The zero-order valence-corrected chi connectivity index (χ0v) is 19.5. The van der Waals surface area contributed by atoms with Gasteiger partial charge in [0.25, 0.3) is 5.91 Å². The maximum Gasteiger partial charge on any atom is 0.259 e. The second-order valence-electron chi connectivity index (χ2n) is 8.59. The Kier molecular flexibility index (Phi) is 8.33. The van der Waals surface area contributed by atoms with Crippen molar-refractivity contribution >= 4 is 5.91 Å². The Morgan fingerprint density at radius 2 is 2.03 bits per heavy atom. The van der Waals surface area contributed by atoms with Gasteiger partial charge in [-0.25, -0.2) is 15.0 Å². The van der Waals surface area contributed by atoms with E-state index in [4.69, 9.17) is 4.74 Å². The third-order valence-corrected chi connectivity index (χ3v) is 5.50. The molecule has 3 heterocycles. The Morgan fingerprint density at radius 3 is 2.70 bits per heavy atom. The molecule has 176 valence electrons. The van der Waals surface area contributed by atoms with E-state index in [1.807, 2.05) is 20.9 Å². The number of nitrogens with zero attached hydrogens (tertiary/aromatic N) is 5. The summed E-state index contributed by atoms with van der Waals surface area (Å²) in [5, 5.41) is 19.2. The summed E-state index contributed by atoms with van der Waals surface area (Å²) in [5.41, 5.74) is 1.79. The fourth-order valence-electron chi connectivity index (χ4n) is 3.67. The minimum Gasteiger partial charge on any atom is -0.472 e. The average Bonchev–Trinajstić information content (AvgIpc) is 2.80. The number of ether oxygens (including phenoxy) is 1. The second-order valence-corrected chi connectivity index (χ2v) is 8.59. The van der Waals surface area contributed by atoms with Crippen LogP contribution in [0, 0.1) is 17.8 Å². The number of amides is 1. The molecule has 9 heteroatoms. The summed E-state index contributed by atoms with van der Waals surface area (Å²) in [5.74, 6) is 5.46. The van der Waals surface area contributed by atoms with E-state index < -0.39 is 6.10 Å². The molecule has 2 aromatic rings. The molecule has 33 heavy (non-hydrogen) atoms. The van der Waals surface area contributed by atoms with Gasteiger partial charge in [-0.2, -0.15) is 0 Å². The molecule has 0 aromatic carbocycles. The third kappa shape index (κ3) is 6.48. The molecule has 0 unspecified atom stereocenters. The van der Waals surface area contributed by atoms with Crippen LogP contribution in [-0.2, 0) is 6.54 Å². The van der Waals surface area contributed by atoms with E-state index in [2.05, 4.69) is 31.7 Å². The number of carbonyl (C=O) groups is 1. The molecule has 3 rings (SSSR count). The van der Waals surface area contributed by atoms with E-state index in [1.165, 1.54) is 12.5 Å². The van der Waals surface area contributed by atoms with Gasteiger partial charge in [-0.1, -0.05) is 18.8 Å². The number of hydrogen-bond acceptors (Lipinski definition) is 8. The van der Waals surface area contributed by atoms with Crippen LogP contribution in [0.2, 0.25) is 0 Å². The van der Waals surface area contributed by atoms with Crippen LogP contribution in [0.15, 0.2) is 31.0 Å². The minimum atomic E-state index is -0.791. The molecule has 0 bridgehead atoms. The Morgan fingerprint density at radius 1 is 1.30 bits per heavy atom. The van der Waals surface area contributed by atoms with E-state index in [9.17, 15) is 15.0 Å². The Hall–Kier alpha value is -3.06. The molecule has 0 saturated heterocycles. The standard InChI is InChI=1S/C24H31N5O4/c1-16-11-29(17(2)14-30)24(32)21-7-19(6-5-18(3)31)10-27-23(21)33-22(16)13-28(4)12-20-8-25-15-26-9-20/h7-10,15-18,22,30-31H,11-14H2,1-4H3/t16-,17+,18+,22-/m1/s1. The lowest BCUT2D eigenvalue weighted by atomic mass is 9.99. The molecule has 0 fully saturated rings. The number of hydrogen-bond donors (Lipinski definition) is 2. The quantitative estimate of drug-likeness (QED) is 0.622. The molecule has 9 nitrogen and oxygen atoms in total. The van der Waals surface area contributed by atoms with Crippen LogP contribution >= 0.6 is 0 Å². The molecule has 0 saturated carbocycles. The number of rotatable bonds is 6. The number of fused-ring (bicyclic) bond motifs is 1. The smallest absolute Gasteiger partial charge is 0.259 e. The van der Waals surface area contributed by atoms with Gasteiger partial charge < -0.3 is 19.8 Å². The summed E-state index contributed by atoms with van der Waals surface area (Å²) < 4.78 is 6.28. The lowest BCUT2D eigenvalue weighted by Gasteiger charge is -2.37. The summed E-state index contributed by atoms with van der Waals surface area (Å²) in [4.78, 5) is 29.7. The molecule has 2 N–H and O–H groups in total. The maximum absolute atomic E-state index is 13.4. The summed E-state index contributed by atoms with van der Waals surface area (Å²) in [6.45, 7) is 6.93. The lowest BCUT2D eigenvalue weighted by Crippen LogP contribution is -2.49. The zero-order chi connectivity index (χ0) is 24.0. The Labute approximate surface area is 194 Å². The van der Waals surface area contributed by atoms with E-state index in [-0.39, 0.29) is 36.5 Å². The molecule has 1 aliphatic heterocycles. The molecule has 4 atom stereocenters. The maximum atomic E-state index is 13.4. The molecule has 1 aliphatic rings. The van der Waals surface area contributed by atoms with Crippen LogP contribution in [0.5, 0.6) is 5.88 Å². The fraction of sp³-hybridized carbons (Fsp3) is 0.500. The van der Waals surface area contributed by atoms with Crippen LogP contribution in [0.4, 0.5) is 0 Å². The molecule has 0 radical (unpaired) electrons. The van der Waals surface area contributed by atoms with Crippen molar-refractivity contribution in [1.29, 1.82) is 0 Å².